The van der Waals surface area contributed by atoms with Crippen LogP contribution in [0.1, 0.15) is 49.4 Å². The molecule has 2 N–H and O–H groups in total. The molecule has 0 saturated heterocycles. The molecule has 1 atom stereocenters. The van der Waals surface area contributed by atoms with Crippen molar-refractivity contribution in [3.05, 3.63) is 47.9 Å². The maximum Gasteiger partial charge on any atom is 0.191 e. The van der Waals surface area contributed by atoms with Gasteiger partial charge in [0.2, 0.25) is 0 Å². The lowest BCUT2D eigenvalue weighted by atomic mass is 9.86. The Morgan fingerprint density at radius 2 is 2.12 bits per heavy atom. The highest BCUT2D eigenvalue weighted by Gasteiger charge is 2.43. The predicted octanol–water partition coefficient (Wildman–Crippen LogP) is 3.18. The maximum atomic E-state index is 6.42. The Labute approximate surface area is 147 Å². The van der Waals surface area contributed by atoms with Crippen LogP contribution in [0.25, 0.3) is 0 Å². The number of nitrogens with zero attached hydrogens (tertiary/aromatic N) is 2. The molecule has 6 nitrogen and oxygen atoms in total. The van der Waals surface area contributed by atoms with Crippen LogP contribution in [-0.2, 0) is 6.54 Å². The van der Waals surface area contributed by atoms with E-state index in [0.29, 0.717) is 6.54 Å². The molecule has 2 aliphatic rings. The smallest absolute Gasteiger partial charge is 0.191 e. The normalized spacial score (nSPS) is 21.6. The van der Waals surface area contributed by atoms with Gasteiger partial charge in [-0.25, -0.2) is 0 Å². The van der Waals surface area contributed by atoms with Crippen LogP contribution in [0.5, 0.6) is 5.75 Å². The molecule has 132 valence electrons. The van der Waals surface area contributed by atoms with Gasteiger partial charge in [-0.05, 0) is 31.7 Å². The van der Waals surface area contributed by atoms with E-state index in [1.165, 1.54) is 18.4 Å². The number of rotatable bonds is 3. The highest BCUT2D eigenvalue weighted by atomic mass is 16.5. The molecule has 0 bridgehead atoms. The fraction of sp³-hybridized carbons (Fsp3) is 0.474. The second-order valence-corrected chi connectivity index (χ2v) is 6.85. The average Bonchev–Trinajstić information content (AvgIpc) is 3.31. The molecule has 4 rings (SSSR count). The average molecular weight is 340 g/mol. The van der Waals surface area contributed by atoms with Crippen molar-refractivity contribution < 1.29 is 9.26 Å². The lowest BCUT2D eigenvalue weighted by molar-refractivity contribution is 0.0396. The minimum atomic E-state index is -0.0308. The number of hydrogen-bond donors (Lipinski definition) is 2. The first-order chi connectivity index (χ1) is 12.3. The number of guanidine groups is 1. The molecule has 1 aromatic heterocycles. The number of para-hydroxylation sites is 1. The van der Waals surface area contributed by atoms with Crippen molar-refractivity contribution in [2.45, 2.75) is 50.3 Å². The second kappa shape index (κ2) is 6.78. The zero-order chi connectivity index (χ0) is 17.1. The van der Waals surface area contributed by atoms with E-state index in [2.05, 4.69) is 39.0 Å². The van der Waals surface area contributed by atoms with E-state index in [-0.39, 0.29) is 11.6 Å². The zero-order valence-electron chi connectivity index (χ0n) is 14.5. The third kappa shape index (κ3) is 3.34. The van der Waals surface area contributed by atoms with Gasteiger partial charge in [-0.2, -0.15) is 0 Å². The molecule has 1 spiro atoms. The number of hydrogen-bond acceptors (Lipinski definition) is 4. The SMILES string of the molecule is CN=C(NCc1ccon1)NC1CC2(CCCC2)Oc2ccccc21. The molecular weight excluding hydrogens is 316 g/mol. The highest BCUT2D eigenvalue weighted by Crippen LogP contribution is 2.46. The number of aliphatic imine (C=N–C) groups is 1. The van der Waals surface area contributed by atoms with E-state index in [0.717, 1.165) is 36.7 Å². The lowest BCUT2D eigenvalue weighted by Gasteiger charge is -2.40. The molecule has 1 aliphatic carbocycles. The standard InChI is InChI=1S/C19H24N4O2/c1-20-18(21-13-14-8-11-24-23-14)22-16-12-19(9-4-5-10-19)25-17-7-3-2-6-15(16)17/h2-3,6-8,11,16H,4-5,9-10,12-13H2,1H3,(H2,20,21,22). The number of fused-ring (bicyclic) bond motifs is 1. The largest absolute Gasteiger partial charge is 0.487 e. The van der Waals surface area contributed by atoms with Gasteiger partial charge in [0.1, 0.15) is 23.3 Å². The summed E-state index contributed by atoms with van der Waals surface area (Å²) in [5.41, 5.74) is 2.02. The third-order valence-corrected chi connectivity index (χ3v) is 5.17. The molecule has 2 aromatic rings. The van der Waals surface area contributed by atoms with Crippen LogP contribution >= 0.6 is 0 Å². The molecule has 0 radical (unpaired) electrons. The Bertz CT molecular complexity index is 736. The summed E-state index contributed by atoms with van der Waals surface area (Å²) >= 11 is 0. The van der Waals surface area contributed by atoms with Crippen LogP contribution in [0, 0.1) is 0 Å². The van der Waals surface area contributed by atoms with Gasteiger partial charge in [-0.15, -0.1) is 0 Å². The lowest BCUT2D eigenvalue weighted by Crippen LogP contribution is -2.46. The zero-order valence-corrected chi connectivity index (χ0v) is 14.5. The van der Waals surface area contributed by atoms with E-state index in [9.17, 15) is 0 Å². The summed E-state index contributed by atoms with van der Waals surface area (Å²) < 4.78 is 11.3. The molecule has 1 unspecified atom stereocenters. The maximum absolute atomic E-state index is 6.42. The number of aromatic nitrogens is 1. The van der Waals surface area contributed by atoms with Gasteiger partial charge in [-0.3, -0.25) is 4.99 Å². The van der Waals surface area contributed by atoms with Crippen LogP contribution in [0.4, 0.5) is 0 Å². The Kier molecular flexibility index (Phi) is 4.34. The van der Waals surface area contributed by atoms with E-state index in [1.807, 2.05) is 12.1 Å². The summed E-state index contributed by atoms with van der Waals surface area (Å²) in [6, 6.07) is 10.4. The van der Waals surface area contributed by atoms with Gasteiger partial charge < -0.3 is 19.9 Å². The highest BCUT2D eigenvalue weighted by molar-refractivity contribution is 5.80. The molecule has 2 heterocycles. The molecular formula is C19H24N4O2. The monoisotopic (exact) mass is 340 g/mol. The van der Waals surface area contributed by atoms with Gasteiger partial charge in [0.15, 0.2) is 5.96 Å². The van der Waals surface area contributed by atoms with Gasteiger partial charge in [0.25, 0.3) is 0 Å². The summed E-state index contributed by atoms with van der Waals surface area (Å²) in [5, 5.41) is 10.8. The van der Waals surface area contributed by atoms with E-state index in [4.69, 9.17) is 9.26 Å². The Morgan fingerprint density at radius 1 is 1.28 bits per heavy atom. The minimum absolute atomic E-state index is 0.0308. The Morgan fingerprint density at radius 3 is 2.88 bits per heavy atom. The molecule has 1 aliphatic heterocycles. The Balaban J connectivity index is 1.51. The van der Waals surface area contributed by atoms with Crippen LogP contribution in [-0.4, -0.2) is 23.8 Å². The van der Waals surface area contributed by atoms with Crippen LogP contribution in [0.15, 0.2) is 46.1 Å². The van der Waals surface area contributed by atoms with E-state index in [1.54, 1.807) is 13.3 Å². The number of nitrogens with one attached hydrogen (secondary N) is 2. The van der Waals surface area contributed by atoms with Crippen molar-refractivity contribution in [2.75, 3.05) is 7.05 Å². The topological polar surface area (TPSA) is 71.7 Å². The molecule has 1 fully saturated rings. The van der Waals surface area contributed by atoms with Crippen molar-refractivity contribution in [3.63, 3.8) is 0 Å². The summed E-state index contributed by atoms with van der Waals surface area (Å²) in [6.07, 6.45) is 7.29. The molecule has 6 heteroatoms. The van der Waals surface area contributed by atoms with Crippen molar-refractivity contribution >= 4 is 5.96 Å². The minimum Gasteiger partial charge on any atom is -0.487 e. The summed E-state index contributed by atoms with van der Waals surface area (Å²) in [7, 11) is 1.79. The van der Waals surface area contributed by atoms with Crippen LogP contribution < -0.4 is 15.4 Å². The van der Waals surface area contributed by atoms with E-state index < -0.39 is 0 Å². The number of ether oxygens (including phenoxy) is 1. The van der Waals surface area contributed by atoms with Gasteiger partial charge in [0, 0.05) is 25.1 Å². The van der Waals surface area contributed by atoms with Crippen molar-refractivity contribution in [1.29, 1.82) is 0 Å². The fourth-order valence-corrected chi connectivity index (χ4v) is 3.94. The predicted molar refractivity (Wildman–Crippen MR) is 95.5 cm³/mol. The van der Waals surface area contributed by atoms with Gasteiger partial charge >= 0.3 is 0 Å². The van der Waals surface area contributed by atoms with Crippen LogP contribution in [0.2, 0.25) is 0 Å². The summed E-state index contributed by atoms with van der Waals surface area (Å²) in [6.45, 7) is 0.576. The second-order valence-electron chi connectivity index (χ2n) is 6.85. The third-order valence-electron chi connectivity index (χ3n) is 5.17. The van der Waals surface area contributed by atoms with Crippen molar-refractivity contribution in [3.8, 4) is 5.75 Å². The molecule has 1 saturated carbocycles. The first kappa shape index (κ1) is 16.0. The first-order valence-corrected chi connectivity index (χ1v) is 8.92. The Hall–Kier alpha value is -2.50. The van der Waals surface area contributed by atoms with Crippen molar-refractivity contribution in [2.24, 2.45) is 4.99 Å². The number of benzene rings is 1. The van der Waals surface area contributed by atoms with Crippen LogP contribution in [0.3, 0.4) is 0 Å². The fourth-order valence-electron chi connectivity index (χ4n) is 3.94. The summed E-state index contributed by atoms with van der Waals surface area (Å²) in [4.78, 5) is 4.36. The van der Waals surface area contributed by atoms with E-state index >= 15 is 0 Å². The first-order valence-electron chi connectivity index (χ1n) is 8.92. The molecule has 0 amide bonds. The molecule has 25 heavy (non-hydrogen) atoms. The summed E-state index contributed by atoms with van der Waals surface area (Å²) in [5.74, 6) is 1.76. The molecule has 1 aromatic carbocycles. The quantitative estimate of drug-likeness (QED) is 0.663. The van der Waals surface area contributed by atoms with Gasteiger partial charge in [-0.1, -0.05) is 23.4 Å². The van der Waals surface area contributed by atoms with Crippen molar-refractivity contribution in [1.82, 2.24) is 15.8 Å². The van der Waals surface area contributed by atoms with Gasteiger partial charge in [0.05, 0.1) is 12.6 Å².